The van der Waals surface area contributed by atoms with Gasteiger partial charge in [0.1, 0.15) is 5.76 Å². The number of nitrogens with zero attached hydrogens (tertiary/aromatic N) is 3. The van der Waals surface area contributed by atoms with Gasteiger partial charge < -0.3 is 9.73 Å². The molecule has 6 heteroatoms. The number of carbonyl (C=O) groups excluding carboxylic acids is 1. The summed E-state index contributed by atoms with van der Waals surface area (Å²) >= 11 is 0. The minimum Gasteiger partial charge on any atom is -0.469 e. The fourth-order valence-electron chi connectivity index (χ4n) is 2.86. The maximum atomic E-state index is 12.6. The van der Waals surface area contributed by atoms with E-state index in [1.54, 1.807) is 12.5 Å². The first-order chi connectivity index (χ1) is 12.0. The van der Waals surface area contributed by atoms with Gasteiger partial charge in [0.25, 0.3) is 5.91 Å². The first-order valence-corrected chi connectivity index (χ1v) is 8.64. The molecule has 25 heavy (non-hydrogen) atoms. The van der Waals surface area contributed by atoms with Gasteiger partial charge in [0.2, 0.25) is 0 Å². The van der Waals surface area contributed by atoms with Crippen molar-refractivity contribution in [2.45, 2.75) is 52.6 Å². The first-order valence-electron chi connectivity index (χ1n) is 8.64. The number of hydrogen-bond acceptors (Lipinski definition) is 4. The number of furan rings is 1. The van der Waals surface area contributed by atoms with Crippen LogP contribution in [0.15, 0.2) is 35.1 Å². The van der Waals surface area contributed by atoms with Crippen LogP contribution in [0, 0.1) is 6.92 Å². The van der Waals surface area contributed by atoms with E-state index in [1.807, 2.05) is 36.7 Å². The highest BCUT2D eigenvalue weighted by Gasteiger charge is 2.17. The Morgan fingerprint density at radius 1 is 1.36 bits per heavy atom. The molecule has 1 amide bonds. The Morgan fingerprint density at radius 3 is 2.84 bits per heavy atom. The minimum absolute atomic E-state index is 0.0473. The second-order valence-corrected chi connectivity index (χ2v) is 6.71. The largest absolute Gasteiger partial charge is 0.469 e. The standard InChI is InChI=1S/C19H24N4O2/c1-12(2)23-18-15(11-20-23)10-17(14(4)22-18)19(24)21-13(3)7-8-16-6-5-9-25-16/h5-6,9-13H,7-8H2,1-4H3,(H,21,24)/t13-/m1/s1. The van der Waals surface area contributed by atoms with Crippen LogP contribution in [-0.4, -0.2) is 26.7 Å². The van der Waals surface area contributed by atoms with Crippen LogP contribution in [0.4, 0.5) is 0 Å². The third kappa shape index (κ3) is 3.73. The third-order valence-corrected chi connectivity index (χ3v) is 4.27. The monoisotopic (exact) mass is 340 g/mol. The van der Waals surface area contributed by atoms with Crippen molar-refractivity contribution < 1.29 is 9.21 Å². The van der Waals surface area contributed by atoms with Crippen molar-refractivity contribution in [2.75, 3.05) is 0 Å². The van der Waals surface area contributed by atoms with Crippen LogP contribution in [0.2, 0.25) is 0 Å². The Morgan fingerprint density at radius 2 is 2.16 bits per heavy atom. The van der Waals surface area contributed by atoms with E-state index in [9.17, 15) is 4.79 Å². The number of hydrogen-bond donors (Lipinski definition) is 1. The number of aromatic nitrogens is 3. The summed E-state index contributed by atoms with van der Waals surface area (Å²) in [5.41, 5.74) is 2.13. The van der Waals surface area contributed by atoms with Crippen LogP contribution in [-0.2, 0) is 6.42 Å². The molecular weight excluding hydrogens is 316 g/mol. The van der Waals surface area contributed by atoms with Gasteiger partial charge in [-0.05, 0) is 52.3 Å². The van der Waals surface area contributed by atoms with Crippen LogP contribution < -0.4 is 5.32 Å². The molecule has 3 rings (SSSR count). The molecule has 0 saturated carbocycles. The van der Waals surface area contributed by atoms with E-state index in [1.165, 1.54) is 0 Å². The zero-order valence-corrected chi connectivity index (χ0v) is 15.1. The molecule has 0 radical (unpaired) electrons. The van der Waals surface area contributed by atoms with Gasteiger partial charge in [-0.3, -0.25) is 4.79 Å². The minimum atomic E-state index is -0.101. The van der Waals surface area contributed by atoms with Gasteiger partial charge in [-0.25, -0.2) is 9.67 Å². The van der Waals surface area contributed by atoms with E-state index in [-0.39, 0.29) is 18.0 Å². The quantitative estimate of drug-likeness (QED) is 0.743. The molecule has 1 N–H and O–H groups in total. The molecule has 0 aliphatic carbocycles. The number of carbonyl (C=O) groups is 1. The second-order valence-electron chi connectivity index (χ2n) is 6.71. The molecule has 3 heterocycles. The molecular formula is C19H24N4O2. The van der Waals surface area contributed by atoms with Crippen molar-refractivity contribution in [1.82, 2.24) is 20.1 Å². The van der Waals surface area contributed by atoms with Crippen molar-refractivity contribution in [3.63, 3.8) is 0 Å². The molecule has 3 aromatic rings. The number of rotatable bonds is 6. The second kappa shape index (κ2) is 7.09. The molecule has 0 aromatic carbocycles. The van der Waals surface area contributed by atoms with Crippen molar-refractivity contribution >= 4 is 16.9 Å². The van der Waals surface area contributed by atoms with Gasteiger partial charge in [0.15, 0.2) is 5.65 Å². The predicted octanol–water partition coefficient (Wildman–Crippen LogP) is 3.66. The first kappa shape index (κ1) is 17.2. The molecule has 3 aromatic heterocycles. The van der Waals surface area contributed by atoms with Crippen LogP contribution >= 0.6 is 0 Å². The molecule has 0 aliphatic heterocycles. The Labute approximate surface area is 147 Å². The van der Waals surface area contributed by atoms with E-state index in [2.05, 4.69) is 29.2 Å². The lowest BCUT2D eigenvalue weighted by Crippen LogP contribution is -2.33. The van der Waals surface area contributed by atoms with E-state index in [4.69, 9.17) is 4.42 Å². The number of nitrogens with one attached hydrogen (secondary N) is 1. The summed E-state index contributed by atoms with van der Waals surface area (Å²) in [7, 11) is 0. The Balaban J connectivity index is 1.72. The third-order valence-electron chi connectivity index (χ3n) is 4.27. The van der Waals surface area contributed by atoms with Crippen molar-refractivity contribution in [1.29, 1.82) is 0 Å². The molecule has 1 atom stereocenters. The summed E-state index contributed by atoms with van der Waals surface area (Å²) in [6, 6.07) is 5.97. The number of amides is 1. The van der Waals surface area contributed by atoms with E-state index < -0.39 is 0 Å². The van der Waals surface area contributed by atoms with E-state index >= 15 is 0 Å². The summed E-state index contributed by atoms with van der Waals surface area (Å²) in [6.07, 6.45) is 5.05. The summed E-state index contributed by atoms with van der Waals surface area (Å²) in [6.45, 7) is 7.98. The van der Waals surface area contributed by atoms with Gasteiger partial charge in [0.05, 0.1) is 23.7 Å². The fourth-order valence-corrected chi connectivity index (χ4v) is 2.86. The van der Waals surface area contributed by atoms with E-state index in [0.717, 1.165) is 29.6 Å². The number of pyridine rings is 1. The van der Waals surface area contributed by atoms with Crippen molar-refractivity contribution in [2.24, 2.45) is 0 Å². The lowest BCUT2D eigenvalue weighted by Gasteiger charge is -2.14. The lowest BCUT2D eigenvalue weighted by atomic mass is 10.1. The molecule has 0 aliphatic rings. The molecule has 0 spiro atoms. The Bertz CT molecular complexity index is 865. The summed E-state index contributed by atoms with van der Waals surface area (Å²) in [5.74, 6) is 0.831. The van der Waals surface area contributed by atoms with Gasteiger partial charge in [-0.1, -0.05) is 0 Å². The van der Waals surface area contributed by atoms with E-state index in [0.29, 0.717) is 11.3 Å². The highest BCUT2D eigenvalue weighted by atomic mass is 16.3. The van der Waals surface area contributed by atoms with Gasteiger partial charge in [0, 0.05) is 23.9 Å². The highest BCUT2D eigenvalue weighted by molar-refractivity contribution is 5.98. The van der Waals surface area contributed by atoms with Crippen LogP contribution in [0.1, 0.15) is 55.0 Å². The maximum Gasteiger partial charge on any atom is 0.253 e. The summed E-state index contributed by atoms with van der Waals surface area (Å²) in [5, 5.41) is 8.30. The Hall–Kier alpha value is -2.63. The highest BCUT2D eigenvalue weighted by Crippen LogP contribution is 2.19. The van der Waals surface area contributed by atoms with Gasteiger partial charge in [-0.15, -0.1) is 0 Å². The van der Waals surface area contributed by atoms with Gasteiger partial charge >= 0.3 is 0 Å². The molecule has 132 valence electrons. The van der Waals surface area contributed by atoms with Crippen LogP contribution in [0.5, 0.6) is 0 Å². The normalized spacial score (nSPS) is 12.7. The molecule has 0 bridgehead atoms. The maximum absolute atomic E-state index is 12.6. The van der Waals surface area contributed by atoms with Crippen LogP contribution in [0.3, 0.4) is 0 Å². The number of fused-ring (bicyclic) bond motifs is 1. The molecule has 0 unspecified atom stereocenters. The van der Waals surface area contributed by atoms with Gasteiger partial charge in [-0.2, -0.15) is 5.10 Å². The zero-order chi connectivity index (χ0) is 18.0. The topological polar surface area (TPSA) is 73.0 Å². The smallest absolute Gasteiger partial charge is 0.253 e. The summed E-state index contributed by atoms with van der Waals surface area (Å²) < 4.78 is 7.20. The van der Waals surface area contributed by atoms with Crippen molar-refractivity contribution in [3.05, 3.63) is 47.7 Å². The fraction of sp³-hybridized carbons (Fsp3) is 0.421. The lowest BCUT2D eigenvalue weighted by molar-refractivity contribution is 0.0937. The molecule has 0 saturated heterocycles. The van der Waals surface area contributed by atoms with Crippen LogP contribution in [0.25, 0.3) is 11.0 Å². The predicted molar refractivity (Wildman–Crippen MR) is 96.6 cm³/mol. The average molecular weight is 340 g/mol. The molecule has 0 fully saturated rings. The average Bonchev–Trinajstić information content (AvgIpc) is 3.21. The molecule has 6 nitrogen and oxygen atoms in total. The van der Waals surface area contributed by atoms with Crippen molar-refractivity contribution in [3.8, 4) is 0 Å². The summed E-state index contributed by atoms with van der Waals surface area (Å²) in [4.78, 5) is 17.2. The SMILES string of the molecule is Cc1nc2c(cnn2C(C)C)cc1C(=O)N[C@H](C)CCc1ccco1. The Kier molecular flexibility index (Phi) is 4.88. The zero-order valence-electron chi connectivity index (χ0n) is 15.1. The number of aryl methyl sites for hydroxylation is 2.